The summed E-state index contributed by atoms with van der Waals surface area (Å²) in [7, 11) is -2.20. The molecule has 0 amide bonds. The monoisotopic (exact) mass is 552 g/mol. The molecule has 0 aliphatic rings. The van der Waals surface area contributed by atoms with E-state index in [0.717, 1.165) is 39.3 Å². The van der Waals surface area contributed by atoms with Crippen LogP contribution in [0.2, 0.25) is 0 Å². The molecule has 2 heterocycles. The molecule has 5 rings (SSSR count). The molecule has 2 aromatic heterocycles. The molecule has 0 atom stereocenters. The fraction of sp³-hybridized carbons (Fsp3) is 0.194. The van der Waals surface area contributed by atoms with Crippen molar-refractivity contribution in [2.75, 3.05) is 17.5 Å². The third-order valence-corrected chi connectivity index (χ3v) is 8.71. The van der Waals surface area contributed by atoms with Crippen LogP contribution in [0.15, 0.2) is 90.0 Å². The van der Waals surface area contributed by atoms with Crippen LogP contribution in [0.25, 0.3) is 21.8 Å². The van der Waals surface area contributed by atoms with Crippen LogP contribution in [0.1, 0.15) is 23.7 Å². The third kappa shape index (κ3) is 5.26. The number of rotatable bonds is 9. The summed E-state index contributed by atoms with van der Waals surface area (Å²) in [5.41, 5.74) is 4.47. The van der Waals surface area contributed by atoms with Crippen molar-refractivity contribution in [3.63, 3.8) is 0 Å². The number of anilines is 1. The maximum atomic E-state index is 14.1. The zero-order chi connectivity index (χ0) is 28.3. The van der Waals surface area contributed by atoms with Crippen molar-refractivity contribution in [2.45, 2.75) is 24.7 Å². The van der Waals surface area contributed by atoms with Crippen LogP contribution < -0.4 is 4.31 Å². The summed E-state index contributed by atoms with van der Waals surface area (Å²) >= 11 is 0. The van der Waals surface area contributed by atoms with Crippen LogP contribution in [0, 0.1) is 11.3 Å². The van der Waals surface area contributed by atoms with Gasteiger partial charge in [-0.2, -0.15) is 5.26 Å². The Hall–Kier alpha value is -4.68. The highest BCUT2D eigenvalue weighted by atomic mass is 32.2. The smallest absolute Gasteiger partial charge is 0.326 e. The Morgan fingerprint density at radius 2 is 1.77 bits per heavy atom. The predicted molar refractivity (Wildman–Crippen MR) is 154 cm³/mol. The molecule has 5 aromatic rings. The number of aromatic nitrogens is 2. The number of hydrogen-bond donors (Lipinski definition) is 0. The highest BCUT2D eigenvalue weighted by molar-refractivity contribution is 7.93. The average Bonchev–Trinajstić information content (AvgIpc) is 3.29. The summed E-state index contributed by atoms with van der Waals surface area (Å²) in [6, 6.07) is 25.6. The van der Waals surface area contributed by atoms with Crippen LogP contribution in [-0.2, 0) is 39.4 Å². The lowest BCUT2D eigenvalue weighted by Crippen LogP contribution is -2.36. The summed E-state index contributed by atoms with van der Waals surface area (Å²) < 4.78 is 36.4. The normalized spacial score (nSPS) is 11.4. The van der Waals surface area contributed by atoms with E-state index in [2.05, 4.69) is 15.6 Å². The quantitative estimate of drug-likeness (QED) is 0.235. The van der Waals surface area contributed by atoms with Gasteiger partial charge in [0.05, 0.1) is 29.4 Å². The average molecular weight is 553 g/mol. The van der Waals surface area contributed by atoms with Crippen LogP contribution in [-0.4, -0.2) is 37.1 Å². The van der Waals surface area contributed by atoms with E-state index in [0.29, 0.717) is 22.2 Å². The topological polar surface area (TPSA) is 105 Å². The lowest BCUT2D eigenvalue weighted by molar-refractivity contribution is -0.141. The minimum Gasteiger partial charge on any atom is -0.465 e. The standard InChI is InChI=1S/C31H28N4O4S/c1-3-39-30(36)21-35(40(37,38)29-8-4-6-24-7-5-17-33-31(24)29)27-15-16-28-25(19-27)18-26(34(28)2)14-13-22-9-11-23(20-32)12-10-22/h4-12,15-19H,3,13-14,21H2,1-2H3. The van der Waals surface area contributed by atoms with Gasteiger partial charge in [0.25, 0.3) is 10.0 Å². The minimum absolute atomic E-state index is 0.0196. The number of hydrogen-bond acceptors (Lipinski definition) is 6. The zero-order valence-electron chi connectivity index (χ0n) is 22.2. The second-order valence-electron chi connectivity index (χ2n) is 9.39. The van der Waals surface area contributed by atoms with Crippen molar-refractivity contribution in [3.05, 3.63) is 102 Å². The molecule has 202 valence electrons. The van der Waals surface area contributed by atoms with Gasteiger partial charge in [-0.25, -0.2) is 8.42 Å². The Balaban J connectivity index is 1.52. The molecule has 9 heteroatoms. The van der Waals surface area contributed by atoms with E-state index in [1.807, 2.05) is 43.4 Å². The number of aryl methyl sites for hydroxylation is 3. The minimum atomic E-state index is -4.18. The highest BCUT2D eigenvalue weighted by Crippen LogP contribution is 2.31. The second kappa shape index (κ2) is 11.2. The van der Waals surface area contributed by atoms with E-state index in [9.17, 15) is 13.2 Å². The maximum Gasteiger partial charge on any atom is 0.326 e. The summed E-state index contributed by atoms with van der Waals surface area (Å²) in [5.74, 6) is -0.643. The molecule has 0 aliphatic heterocycles. The SMILES string of the molecule is CCOC(=O)CN(c1ccc2c(c1)cc(CCc1ccc(C#N)cc1)n2C)S(=O)(=O)c1cccc2cccnc12. The molecular weight excluding hydrogens is 524 g/mol. The number of sulfonamides is 1. The van der Waals surface area contributed by atoms with Crippen LogP contribution in [0.4, 0.5) is 5.69 Å². The van der Waals surface area contributed by atoms with E-state index in [4.69, 9.17) is 10.00 Å². The number of fused-ring (bicyclic) bond motifs is 2. The number of para-hydroxylation sites is 1. The van der Waals surface area contributed by atoms with Gasteiger partial charge in [0.1, 0.15) is 11.4 Å². The van der Waals surface area contributed by atoms with Gasteiger partial charge in [-0.3, -0.25) is 14.1 Å². The second-order valence-corrected chi connectivity index (χ2v) is 11.2. The van der Waals surface area contributed by atoms with Crippen LogP contribution in [0.5, 0.6) is 0 Å². The van der Waals surface area contributed by atoms with Crippen molar-refractivity contribution in [1.82, 2.24) is 9.55 Å². The van der Waals surface area contributed by atoms with Gasteiger partial charge in [-0.05, 0) is 73.9 Å². The molecule has 0 unspecified atom stereocenters. The Bertz CT molecular complexity index is 1850. The number of pyridine rings is 1. The molecule has 0 saturated heterocycles. The lowest BCUT2D eigenvalue weighted by Gasteiger charge is -2.24. The predicted octanol–water partition coefficient (Wildman–Crippen LogP) is 5.14. The summed E-state index contributed by atoms with van der Waals surface area (Å²) in [6.07, 6.45) is 3.10. The van der Waals surface area contributed by atoms with Crippen LogP contribution >= 0.6 is 0 Å². The zero-order valence-corrected chi connectivity index (χ0v) is 23.1. The molecular formula is C31H28N4O4S. The fourth-order valence-electron chi connectivity index (χ4n) is 4.85. The van der Waals surface area contributed by atoms with Gasteiger partial charge >= 0.3 is 5.97 Å². The summed E-state index contributed by atoms with van der Waals surface area (Å²) in [5, 5.41) is 10.6. The molecule has 0 bridgehead atoms. The molecule has 3 aromatic carbocycles. The molecule has 0 N–H and O–H groups in total. The Labute approximate surface area is 233 Å². The molecule has 8 nitrogen and oxygen atoms in total. The largest absolute Gasteiger partial charge is 0.465 e. The number of nitriles is 1. The van der Waals surface area contributed by atoms with Gasteiger partial charge in [-0.15, -0.1) is 0 Å². The molecule has 0 saturated carbocycles. The van der Waals surface area contributed by atoms with Crippen molar-refractivity contribution in [2.24, 2.45) is 7.05 Å². The number of carbonyl (C=O) groups excluding carboxylic acids is 1. The molecule has 0 radical (unpaired) electrons. The Morgan fingerprint density at radius 3 is 2.52 bits per heavy atom. The first-order valence-corrected chi connectivity index (χ1v) is 14.4. The Kier molecular flexibility index (Phi) is 7.54. The van der Waals surface area contributed by atoms with E-state index < -0.39 is 22.5 Å². The first kappa shape index (κ1) is 26.9. The summed E-state index contributed by atoms with van der Waals surface area (Å²) in [6.45, 7) is 1.35. The number of carbonyl (C=O) groups is 1. The van der Waals surface area contributed by atoms with E-state index in [-0.39, 0.29) is 11.5 Å². The molecule has 0 fully saturated rings. The van der Waals surface area contributed by atoms with E-state index >= 15 is 0 Å². The third-order valence-electron chi connectivity index (χ3n) is 6.91. The number of ether oxygens (including phenoxy) is 1. The van der Waals surface area contributed by atoms with Gasteiger partial charge < -0.3 is 9.30 Å². The first-order valence-electron chi connectivity index (χ1n) is 12.9. The fourth-order valence-corrected chi connectivity index (χ4v) is 6.42. The van der Waals surface area contributed by atoms with Gasteiger partial charge in [0.15, 0.2) is 0 Å². The van der Waals surface area contributed by atoms with Crippen molar-refractivity contribution < 1.29 is 17.9 Å². The summed E-state index contributed by atoms with van der Waals surface area (Å²) in [4.78, 5) is 16.9. The lowest BCUT2D eigenvalue weighted by atomic mass is 10.1. The van der Waals surface area contributed by atoms with Crippen LogP contribution in [0.3, 0.4) is 0 Å². The first-order chi connectivity index (χ1) is 19.3. The Morgan fingerprint density at radius 1 is 1.00 bits per heavy atom. The van der Waals surface area contributed by atoms with Crippen molar-refractivity contribution >= 4 is 43.5 Å². The maximum absolute atomic E-state index is 14.1. The van der Waals surface area contributed by atoms with Crippen molar-refractivity contribution in [1.29, 1.82) is 5.26 Å². The van der Waals surface area contributed by atoms with Crippen molar-refractivity contribution in [3.8, 4) is 6.07 Å². The van der Waals surface area contributed by atoms with E-state index in [1.54, 1.807) is 49.5 Å². The van der Waals surface area contributed by atoms with Gasteiger partial charge in [-0.1, -0.05) is 30.3 Å². The van der Waals surface area contributed by atoms with Gasteiger partial charge in [0.2, 0.25) is 0 Å². The number of esters is 1. The highest BCUT2D eigenvalue weighted by Gasteiger charge is 2.30. The molecule has 0 spiro atoms. The molecule has 0 aliphatic carbocycles. The molecule has 40 heavy (non-hydrogen) atoms. The van der Waals surface area contributed by atoms with Gasteiger partial charge in [0, 0.05) is 35.2 Å². The number of benzene rings is 3. The number of nitrogens with zero attached hydrogens (tertiary/aromatic N) is 4. The van der Waals surface area contributed by atoms with E-state index in [1.165, 1.54) is 6.07 Å².